The van der Waals surface area contributed by atoms with Crippen LogP contribution in [0, 0.1) is 0 Å². The summed E-state index contributed by atoms with van der Waals surface area (Å²) in [4.78, 5) is 35.9. The van der Waals surface area contributed by atoms with Gasteiger partial charge >= 0.3 is 5.97 Å². The largest absolute Gasteiger partial charge is 0.480 e. The van der Waals surface area contributed by atoms with Crippen LogP contribution in [0.5, 0.6) is 0 Å². The highest BCUT2D eigenvalue weighted by atomic mass is 16.4. The Morgan fingerprint density at radius 2 is 1.71 bits per heavy atom. The van der Waals surface area contributed by atoms with Crippen LogP contribution < -0.4 is 0 Å². The highest BCUT2D eigenvalue weighted by molar-refractivity contribution is 5.95. The number of carboxylic acids is 1. The van der Waals surface area contributed by atoms with Gasteiger partial charge in [-0.2, -0.15) is 0 Å². The number of Topliss-reactive ketones (excluding diaryl/α,β-unsaturated/α-hetero) is 1. The van der Waals surface area contributed by atoms with Crippen molar-refractivity contribution in [1.82, 2.24) is 4.90 Å². The maximum Gasteiger partial charge on any atom is 0.323 e. The minimum atomic E-state index is -1.08. The Hall–Kier alpha value is -2.89. The van der Waals surface area contributed by atoms with Gasteiger partial charge in [0.2, 0.25) is 0 Å². The molecule has 2 rings (SSSR count). The average molecular weight is 329 g/mol. The summed E-state index contributed by atoms with van der Waals surface area (Å²) >= 11 is 0. The third kappa shape index (κ3) is 3.90. The number of aliphatic carboxylic acids is 1. The zero-order valence-corrected chi connectivity index (χ0v) is 13.8. The van der Waals surface area contributed by atoms with Crippen molar-refractivity contribution in [2.24, 2.45) is 0 Å². The number of hydrogen-bond donors (Lipinski definition) is 1. The minimum Gasteiger partial charge on any atom is -0.480 e. The van der Waals surface area contributed by atoms with Crippen LogP contribution in [0.4, 0.5) is 0 Å². The topological polar surface area (TPSA) is 87.8 Å². The smallest absolute Gasteiger partial charge is 0.323 e. The highest BCUT2D eigenvalue weighted by Gasteiger charge is 2.24. The van der Waals surface area contributed by atoms with Gasteiger partial charge < -0.3 is 14.4 Å². The third-order valence-corrected chi connectivity index (χ3v) is 3.58. The number of carbonyl (C=O) groups excluding carboxylic acids is 2. The van der Waals surface area contributed by atoms with E-state index in [9.17, 15) is 14.4 Å². The number of nitrogens with zero attached hydrogens (tertiary/aromatic N) is 1. The molecule has 126 valence electrons. The van der Waals surface area contributed by atoms with E-state index < -0.39 is 11.9 Å². The second-order valence-corrected chi connectivity index (χ2v) is 5.72. The first-order chi connectivity index (χ1) is 11.3. The quantitative estimate of drug-likeness (QED) is 0.823. The van der Waals surface area contributed by atoms with Crippen LogP contribution in [-0.4, -0.2) is 40.3 Å². The van der Waals surface area contributed by atoms with Gasteiger partial charge in [-0.1, -0.05) is 24.3 Å². The van der Waals surface area contributed by atoms with Crippen molar-refractivity contribution >= 4 is 17.7 Å². The molecule has 0 aliphatic rings. The number of furan rings is 1. The number of hydrogen-bond acceptors (Lipinski definition) is 4. The van der Waals surface area contributed by atoms with Crippen LogP contribution in [0.25, 0.3) is 11.3 Å². The summed E-state index contributed by atoms with van der Waals surface area (Å²) in [7, 11) is 0. The molecule has 0 saturated carbocycles. The first kappa shape index (κ1) is 17.5. The molecule has 1 aromatic carbocycles. The summed E-state index contributed by atoms with van der Waals surface area (Å²) in [6, 6.07) is 9.75. The van der Waals surface area contributed by atoms with Gasteiger partial charge in [0.15, 0.2) is 11.5 Å². The zero-order chi connectivity index (χ0) is 17.9. The van der Waals surface area contributed by atoms with Gasteiger partial charge in [-0.3, -0.25) is 14.4 Å². The molecule has 1 aromatic heterocycles. The number of carboxylic acid groups (broad SMARTS) is 1. The molecule has 0 unspecified atom stereocenters. The van der Waals surface area contributed by atoms with Crippen LogP contribution in [-0.2, 0) is 4.79 Å². The summed E-state index contributed by atoms with van der Waals surface area (Å²) in [6.45, 7) is 4.58. The van der Waals surface area contributed by atoms with Gasteiger partial charge in [-0.15, -0.1) is 0 Å². The Balaban J connectivity index is 2.24. The van der Waals surface area contributed by atoms with Crippen molar-refractivity contribution in [3.63, 3.8) is 0 Å². The van der Waals surface area contributed by atoms with Gasteiger partial charge in [0, 0.05) is 17.2 Å². The fraction of sp³-hybridized carbons (Fsp3) is 0.278. The van der Waals surface area contributed by atoms with Crippen molar-refractivity contribution < 1.29 is 23.9 Å². The number of benzene rings is 1. The standard InChI is InChI=1S/C18H19NO5/c1-11(2)19(10-17(21)22)18(23)16-9-8-15(24-16)14-6-4-13(5-7-14)12(3)20/h4-9,11H,10H2,1-3H3,(H,21,22). The minimum absolute atomic E-state index is 0.0295. The molecule has 0 saturated heterocycles. The molecule has 0 radical (unpaired) electrons. The number of rotatable bonds is 6. The molecule has 2 aromatic rings. The predicted molar refractivity (Wildman–Crippen MR) is 88.0 cm³/mol. The molecule has 24 heavy (non-hydrogen) atoms. The molecule has 1 amide bonds. The van der Waals surface area contributed by atoms with E-state index in [0.717, 1.165) is 5.56 Å². The van der Waals surface area contributed by atoms with Gasteiger partial charge in [-0.05, 0) is 32.9 Å². The lowest BCUT2D eigenvalue weighted by molar-refractivity contribution is -0.138. The second kappa shape index (κ2) is 7.12. The maximum atomic E-state index is 12.4. The van der Waals surface area contributed by atoms with Crippen molar-refractivity contribution in [3.8, 4) is 11.3 Å². The third-order valence-electron chi connectivity index (χ3n) is 3.58. The van der Waals surface area contributed by atoms with Crippen LogP contribution in [0.15, 0.2) is 40.8 Å². The fourth-order valence-electron chi connectivity index (χ4n) is 2.25. The molecule has 1 heterocycles. The maximum absolute atomic E-state index is 12.4. The molecule has 0 spiro atoms. The normalized spacial score (nSPS) is 10.7. The van der Waals surface area contributed by atoms with Crippen LogP contribution in [0.1, 0.15) is 41.7 Å². The highest BCUT2D eigenvalue weighted by Crippen LogP contribution is 2.24. The predicted octanol–water partition coefficient (Wildman–Crippen LogP) is 3.08. The van der Waals surface area contributed by atoms with E-state index in [0.29, 0.717) is 11.3 Å². The van der Waals surface area contributed by atoms with E-state index >= 15 is 0 Å². The first-order valence-electron chi connectivity index (χ1n) is 7.53. The van der Waals surface area contributed by atoms with Crippen molar-refractivity contribution in [3.05, 3.63) is 47.7 Å². The Morgan fingerprint density at radius 1 is 1.08 bits per heavy atom. The molecule has 0 aliphatic heterocycles. The fourth-order valence-corrected chi connectivity index (χ4v) is 2.25. The summed E-state index contributed by atoms with van der Waals surface area (Å²) < 4.78 is 5.58. The lowest BCUT2D eigenvalue weighted by Crippen LogP contribution is -2.40. The summed E-state index contributed by atoms with van der Waals surface area (Å²) in [5.74, 6) is -1.02. The van der Waals surface area contributed by atoms with Crippen molar-refractivity contribution in [2.45, 2.75) is 26.8 Å². The van der Waals surface area contributed by atoms with Crippen LogP contribution in [0.3, 0.4) is 0 Å². The van der Waals surface area contributed by atoms with Gasteiger partial charge in [0.25, 0.3) is 5.91 Å². The lowest BCUT2D eigenvalue weighted by Gasteiger charge is -2.23. The molecular weight excluding hydrogens is 310 g/mol. The zero-order valence-electron chi connectivity index (χ0n) is 13.8. The van der Waals surface area contributed by atoms with E-state index in [4.69, 9.17) is 9.52 Å². The van der Waals surface area contributed by atoms with Gasteiger partial charge in [-0.25, -0.2) is 0 Å². The monoisotopic (exact) mass is 329 g/mol. The Bertz CT molecular complexity index is 758. The molecule has 0 atom stereocenters. The second-order valence-electron chi connectivity index (χ2n) is 5.72. The average Bonchev–Trinajstić information content (AvgIpc) is 3.01. The van der Waals surface area contributed by atoms with Crippen LogP contribution in [0.2, 0.25) is 0 Å². The summed E-state index contributed by atoms with van der Waals surface area (Å²) in [5, 5.41) is 8.93. The van der Waals surface area contributed by atoms with E-state index in [1.807, 2.05) is 0 Å². The SMILES string of the molecule is CC(=O)c1ccc(-c2ccc(C(=O)N(CC(=O)O)C(C)C)o2)cc1. The molecule has 0 bridgehead atoms. The Morgan fingerprint density at radius 3 is 2.21 bits per heavy atom. The van der Waals surface area contributed by atoms with E-state index in [-0.39, 0.29) is 24.1 Å². The Labute approximate surface area is 139 Å². The van der Waals surface area contributed by atoms with Crippen molar-refractivity contribution in [1.29, 1.82) is 0 Å². The number of amides is 1. The van der Waals surface area contributed by atoms with Gasteiger partial charge in [0.05, 0.1) is 0 Å². The number of ketones is 1. The first-order valence-corrected chi connectivity index (χ1v) is 7.53. The number of carbonyl (C=O) groups is 3. The van der Waals surface area contributed by atoms with Crippen LogP contribution >= 0.6 is 0 Å². The van der Waals surface area contributed by atoms with E-state index in [1.165, 1.54) is 17.9 Å². The summed E-state index contributed by atoms with van der Waals surface area (Å²) in [5.41, 5.74) is 1.32. The van der Waals surface area contributed by atoms with E-state index in [1.54, 1.807) is 44.2 Å². The molecule has 6 heteroatoms. The summed E-state index contributed by atoms with van der Waals surface area (Å²) in [6.07, 6.45) is 0. The van der Waals surface area contributed by atoms with Gasteiger partial charge in [0.1, 0.15) is 12.3 Å². The molecule has 1 N–H and O–H groups in total. The molecule has 6 nitrogen and oxygen atoms in total. The Kier molecular flexibility index (Phi) is 5.18. The molecule has 0 aliphatic carbocycles. The molecule has 0 fully saturated rings. The molecular formula is C18H19NO5. The van der Waals surface area contributed by atoms with Crippen molar-refractivity contribution in [2.75, 3.05) is 6.54 Å². The van der Waals surface area contributed by atoms with E-state index in [2.05, 4.69) is 0 Å². The lowest BCUT2D eigenvalue weighted by atomic mass is 10.1.